The monoisotopic (exact) mass is 495 g/mol. The summed E-state index contributed by atoms with van der Waals surface area (Å²) >= 11 is 0. The second-order valence-electron chi connectivity index (χ2n) is 8.19. The minimum absolute atomic E-state index is 0.132. The quantitative estimate of drug-likeness (QED) is 0.558. The smallest absolute Gasteiger partial charge is 0.385 e. The van der Waals surface area contributed by atoms with Crippen LogP contribution in [0.5, 0.6) is 0 Å². The lowest BCUT2D eigenvalue weighted by atomic mass is 10.1. The zero-order valence-electron chi connectivity index (χ0n) is 19.6. The average Bonchev–Trinajstić information content (AvgIpc) is 2.81. The van der Waals surface area contributed by atoms with Crippen LogP contribution in [0.1, 0.15) is 28.2 Å². The number of nitrogens with zero attached hydrogens (tertiary/aromatic N) is 4. The first kappa shape index (κ1) is 26.4. The van der Waals surface area contributed by atoms with Crippen molar-refractivity contribution in [3.8, 4) is 5.69 Å². The molecule has 35 heavy (non-hydrogen) atoms. The number of aryl methyl sites for hydroxylation is 1. The van der Waals surface area contributed by atoms with E-state index in [9.17, 15) is 27.6 Å². The molecule has 0 atom stereocenters. The third-order valence-electron chi connectivity index (χ3n) is 5.62. The number of aromatic nitrogens is 2. The highest BCUT2D eigenvalue weighted by Gasteiger charge is 2.34. The molecule has 0 saturated carbocycles. The zero-order valence-corrected chi connectivity index (χ0v) is 19.6. The lowest BCUT2D eigenvalue weighted by Crippen LogP contribution is -2.52. The van der Waals surface area contributed by atoms with Crippen LogP contribution in [0.15, 0.2) is 35.1 Å². The molecule has 0 spiro atoms. The number of carbonyl (C=O) groups excluding carboxylic acids is 2. The molecular formula is C23H28F3N5O4. The van der Waals surface area contributed by atoms with E-state index in [0.717, 1.165) is 16.8 Å². The number of methoxy groups -OCH3 is 1. The van der Waals surface area contributed by atoms with Gasteiger partial charge in [-0.15, -0.1) is 0 Å². The number of hydrogen-bond donors (Lipinski definition) is 1. The molecular weight excluding hydrogens is 467 g/mol. The van der Waals surface area contributed by atoms with Crippen molar-refractivity contribution in [2.24, 2.45) is 0 Å². The summed E-state index contributed by atoms with van der Waals surface area (Å²) in [4.78, 5) is 40.9. The number of para-hydroxylation sites is 1. The Morgan fingerprint density at radius 3 is 2.49 bits per heavy atom. The number of nitrogens with one attached hydrogen (secondary N) is 1. The van der Waals surface area contributed by atoms with Crippen LogP contribution in [-0.2, 0) is 15.7 Å². The Kier molecular flexibility index (Phi) is 8.62. The average molecular weight is 496 g/mol. The minimum atomic E-state index is -4.63. The van der Waals surface area contributed by atoms with Gasteiger partial charge in [0, 0.05) is 58.2 Å². The molecule has 1 aliphatic rings. The number of amides is 2. The molecule has 2 aromatic rings. The number of carbonyl (C=O) groups is 2. The van der Waals surface area contributed by atoms with E-state index in [2.05, 4.69) is 10.4 Å². The standard InChI is InChI=1S/C23H28F3N5O4/c1-16-14-19(32)21(28-31(16)18-7-4-3-6-17(18)23(24,25)26)22(34)30-11-9-29(10-12-30)15-20(33)27-8-5-13-35-2/h3-4,6-7,14H,5,8-13,15H2,1-2H3,(H,27,33). The van der Waals surface area contributed by atoms with E-state index in [0.29, 0.717) is 32.7 Å². The normalized spacial score (nSPS) is 14.7. The molecule has 1 aromatic heterocycles. The van der Waals surface area contributed by atoms with Crippen molar-refractivity contribution in [3.05, 3.63) is 57.5 Å². The molecule has 190 valence electrons. The Morgan fingerprint density at radius 2 is 1.83 bits per heavy atom. The molecule has 12 heteroatoms. The Bertz CT molecular complexity index is 1110. The van der Waals surface area contributed by atoms with Crippen LogP contribution in [0.3, 0.4) is 0 Å². The Balaban J connectivity index is 1.71. The molecule has 0 aliphatic carbocycles. The van der Waals surface area contributed by atoms with Crippen molar-refractivity contribution in [2.45, 2.75) is 19.5 Å². The summed E-state index contributed by atoms with van der Waals surface area (Å²) in [6.07, 6.45) is -3.93. The van der Waals surface area contributed by atoms with Crippen molar-refractivity contribution < 1.29 is 27.5 Å². The summed E-state index contributed by atoms with van der Waals surface area (Å²) in [5, 5.41) is 6.83. The summed E-state index contributed by atoms with van der Waals surface area (Å²) in [5.74, 6) is -0.788. The Hall–Kier alpha value is -3.25. The first-order valence-electron chi connectivity index (χ1n) is 11.2. The summed E-state index contributed by atoms with van der Waals surface area (Å²) in [7, 11) is 1.59. The second-order valence-corrected chi connectivity index (χ2v) is 8.19. The molecule has 0 radical (unpaired) electrons. The fourth-order valence-corrected chi connectivity index (χ4v) is 3.80. The lowest BCUT2D eigenvalue weighted by molar-refractivity contribution is -0.137. The van der Waals surface area contributed by atoms with Gasteiger partial charge in [0.05, 0.1) is 17.8 Å². The molecule has 3 rings (SSSR count). The Labute approximate surface area is 200 Å². The summed E-state index contributed by atoms with van der Waals surface area (Å²) in [6, 6.07) is 5.95. The maximum absolute atomic E-state index is 13.5. The number of alkyl halides is 3. The molecule has 1 aliphatic heterocycles. The van der Waals surface area contributed by atoms with Gasteiger partial charge in [0.1, 0.15) is 0 Å². The van der Waals surface area contributed by atoms with Gasteiger partial charge in [-0.2, -0.15) is 18.3 Å². The van der Waals surface area contributed by atoms with Gasteiger partial charge in [0.2, 0.25) is 11.3 Å². The van der Waals surface area contributed by atoms with Crippen molar-refractivity contribution in [1.29, 1.82) is 0 Å². The molecule has 1 fully saturated rings. The predicted molar refractivity (Wildman–Crippen MR) is 121 cm³/mol. The first-order chi connectivity index (χ1) is 16.6. The highest BCUT2D eigenvalue weighted by Crippen LogP contribution is 2.33. The fourth-order valence-electron chi connectivity index (χ4n) is 3.80. The van der Waals surface area contributed by atoms with E-state index in [1.54, 1.807) is 7.11 Å². The van der Waals surface area contributed by atoms with Crippen molar-refractivity contribution >= 4 is 11.8 Å². The number of halogens is 3. The highest BCUT2D eigenvalue weighted by molar-refractivity contribution is 5.92. The third-order valence-corrected chi connectivity index (χ3v) is 5.62. The van der Waals surface area contributed by atoms with Crippen LogP contribution in [0.4, 0.5) is 13.2 Å². The third kappa shape index (κ3) is 6.67. The number of piperazine rings is 1. The van der Waals surface area contributed by atoms with Gasteiger partial charge in [0.25, 0.3) is 5.91 Å². The summed E-state index contributed by atoms with van der Waals surface area (Å²) < 4.78 is 46.4. The predicted octanol–water partition coefficient (Wildman–Crippen LogP) is 1.47. The van der Waals surface area contributed by atoms with Gasteiger partial charge in [-0.3, -0.25) is 19.3 Å². The van der Waals surface area contributed by atoms with Crippen molar-refractivity contribution in [2.75, 3.05) is 53.0 Å². The SMILES string of the molecule is COCCCNC(=O)CN1CCN(C(=O)c2nn(-c3ccccc3C(F)(F)F)c(C)cc2=O)CC1. The Morgan fingerprint density at radius 1 is 1.14 bits per heavy atom. The van der Waals surface area contributed by atoms with E-state index in [-0.39, 0.29) is 36.9 Å². The van der Waals surface area contributed by atoms with Crippen molar-refractivity contribution in [1.82, 2.24) is 24.9 Å². The van der Waals surface area contributed by atoms with E-state index < -0.39 is 28.8 Å². The topological polar surface area (TPSA) is 96.8 Å². The van der Waals surface area contributed by atoms with E-state index >= 15 is 0 Å². The van der Waals surface area contributed by atoms with Crippen molar-refractivity contribution in [3.63, 3.8) is 0 Å². The van der Waals surface area contributed by atoms with Gasteiger partial charge >= 0.3 is 6.18 Å². The second kappa shape index (κ2) is 11.5. The molecule has 1 aromatic carbocycles. The van der Waals surface area contributed by atoms with Crippen LogP contribution in [-0.4, -0.2) is 84.4 Å². The van der Waals surface area contributed by atoms with Gasteiger partial charge in [0.15, 0.2) is 5.69 Å². The van der Waals surface area contributed by atoms with Crippen LogP contribution < -0.4 is 10.7 Å². The fraction of sp³-hybridized carbons (Fsp3) is 0.478. The summed E-state index contributed by atoms with van der Waals surface area (Å²) in [6.45, 7) is 4.02. The van der Waals surface area contributed by atoms with Gasteiger partial charge < -0.3 is 15.0 Å². The number of ether oxygens (including phenoxy) is 1. The minimum Gasteiger partial charge on any atom is -0.385 e. The van der Waals surface area contributed by atoms with Crippen LogP contribution in [0, 0.1) is 6.92 Å². The van der Waals surface area contributed by atoms with Crippen LogP contribution >= 0.6 is 0 Å². The number of hydrogen-bond acceptors (Lipinski definition) is 6. The van der Waals surface area contributed by atoms with Crippen LogP contribution in [0.25, 0.3) is 5.69 Å². The maximum Gasteiger partial charge on any atom is 0.418 e. The molecule has 2 amide bonds. The van der Waals surface area contributed by atoms with E-state index in [1.807, 2.05) is 4.90 Å². The molecule has 0 unspecified atom stereocenters. The maximum atomic E-state index is 13.5. The number of rotatable bonds is 8. The molecule has 2 heterocycles. The largest absolute Gasteiger partial charge is 0.418 e. The van der Waals surface area contributed by atoms with Gasteiger partial charge in [-0.1, -0.05) is 12.1 Å². The zero-order chi connectivity index (χ0) is 25.6. The molecule has 1 saturated heterocycles. The van der Waals surface area contributed by atoms with E-state index in [1.165, 1.54) is 30.0 Å². The number of benzene rings is 1. The highest BCUT2D eigenvalue weighted by atomic mass is 19.4. The molecule has 0 bridgehead atoms. The van der Waals surface area contributed by atoms with Gasteiger partial charge in [-0.05, 0) is 25.5 Å². The van der Waals surface area contributed by atoms with E-state index in [4.69, 9.17) is 4.74 Å². The van der Waals surface area contributed by atoms with Crippen LogP contribution in [0.2, 0.25) is 0 Å². The molecule has 9 nitrogen and oxygen atoms in total. The van der Waals surface area contributed by atoms with Gasteiger partial charge in [-0.25, -0.2) is 4.68 Å². The summed E-state index contributed by atoms with van der Waals surface area (Å²) in [5.41, 5.74) is -2.13. The molecule has 1 N–H and O–H groups in total. The lowest BCUT2D eigenvalue weighted by Gasteiger charge is -2.34. The first-order valence-corrected chi connectivity index (χ1v) is 11.2.